The van der Waals surface area contributed by atoms with Gasteiger partial charge in [0, 0.05) is 31.4 Å². The van der Waals surface area contributed by atoms with Gasteiger partial charge in [-0.3, -0.25) is 0 Å². The minimum Gasteiger partial charge on any atom is -0.372 e. The van der Waals surface area contributed by atoms with Gasteiger partial charge in [0.25, 0.3) is 0 Å². The van der Waals surface area contributed by atoms with Gasteiger partial charge in [-0.25, -0.2) is 0 Å². The summed E-state index contributed by atoms with van der Waals surface area (Å²) >= 11 is 0. The molecule has 2 nitrogen and oxygen atoms in total. The Morgan fingerprint density at radius 1 is 1.10 bits per heavy atom. The monoisotopic (exact) mass is 272 g/mol. The lowest BCUT2D eigenvalue weighted by Gasteiger charge is -2.35. The highest BCUT2D eigenvalue weighted by molar-refractivity contribution is 5.48. The third-order valence-electron chi connectivity index (χ3n) is 4.97. The molecule has 0 saturated heterocycles. The van der Waals surface area contributed by atoms with Crippen molar-refractivity contribution in [2.45, 2.75) is 64.1 Å². The second-order valence-electron chi connectivity index (χ2n) is 6.86. The zero-order valence-corrected chi connectivity index (χ0v) is 12.9. The maximum absolute atomic E-state index is 3.58. The van der Waals surface area contributed by atoms with Crippen molar-refractivity contribution < 1.29 is 0 Å². The van der Waals surface area contributed by atoms with Crippen LogP contribution in [0.25, 0.3) is 0 Å². The molecule has 110 valence electrons. The molecule has 1 N–H and O–H groups in total. The summed E-state index contributed by atoms with van der Waals surface area (Å²) in [5, 5.41) is 3.58. The smallest absolute Gasteiger partial charge is 0.0366 e. The zero-order chi connectivity index (χ0) is 13.9. The molecule has 2 atom stereocenters. The number of hydrogen-bond acceptors (Lipinski definition) is 2. The van der Waals surface area contributed by atoms with Crippen LogP contribution in [0.3, 0.4) is 0 Å². The van der Waals surface area contributed by atoms with Gasteiger partial charge in [0.05, 0.1) is 0 Å². The van der Waals surface area contributed by atoms with E-state index in [1.807, 2.05) is 0 Å². The molecule has 1 aromatic carbocycles. The average Bonchev–Trinajstić information content (AvgIpc) is 3.29. The van der Waals surface area contributed by atoms with Gasteiger partial charge in [-0.05, 0) is 49.3 Å². The van der Waals surface area contributed by atoms with E-state index in [1.165, 1.54) is 49.8 Å². The van der Waals surface area contributed by atoms with E-state index >= 15 is 0 Å². The Morgan fingerprint density at radius 3 is 2.50 bits per heavy atom. The van der Waals surface area contributed by atoms with Gasteiger partial charge in [0.15, 0.2) is 0 Å². The van der Waals surface area contributed by atoms with Crippen LogP contribution in [0.1, 0.15) is 51.0 Å². The molecule has 20 heavy (non-hydrogen) atoms. The summed E-state index contributed by atoms with van der Waals surface area (Å²) in [6, 6.07) is 10.7. The van der Waals surface area contributed by atoms with Crippen molar-refractivity contribution in [1.82, 2.24) is 5.32 Å². The van der Waals surface area contributed by atoms with Crippen LogP contribution in [-0.4, -0.2) is 19.1 Å². The number of nitrogens with one attached hydrogen (secondary N) is 1. The highest BCUT2D eigenvalue weighted by Gasteiger charge is 2.23. The average molecular weight is 272 g/mol. The lowest BCUT2D eigenvalue weighted by molar-refractivity contribution is 0.336. The Kier molecular flexibility index (Phi) is 4.30. The van der Waals surface area contributed by atoms with Gasteiger partial charge in [-0.2, -0.15) is 0 Å². The Labute approximate surface area is 123 Å². The molecular weight excluding hydrogens is 244 g/mol. The van der Waals surface area contributed by atoms with Crippen molar-refractivity contribution in [3.63, 3.8) is 0 Å². The number of anilines is 1. The van der Waals surface area contributed by atoms with Crippen LogP contribution in [0.4, 0.5) is 5.69 Å². The molecule has 0 aromatic heterocycles. The summed E-state index contributed by atoms with van der Waals surface area (Å²) in [7, 11) is 2.26. The molecule has 0 radical (unpaired) electrons. The summed E-state index contributed by atoms with van der Waals surface area (Å²) < 4.78 is 0. The second-order valence-corrected chi connectivity index (χ2v) is 6.86. The maximum atomic E-state index is 3.58. The summed E-state index contributed by atoms with van der Waals surface area (Å²) in [5.41, 5.74) is 2.78. The molecule has 0 amide bonds. The minimum atomic E-state index is 0.731. The van der Waals surface area contributed by atoms with Crippen LogP contribution in [0.5, 0.6) is 0 Å². The van der Waals surface area contributed by atoms with E-state index in [4.69, 9.17) is 0 Å². The van der Waals surface area contributed by atoms with Crippen LogP contribution >= 0.6 is 0 Å². The quantitative estimate of drug-likeness (QED) is 0.873. The van der Waals surface area contributed by atoms with Crippen LogP contribution in [0.2, 0.25) is 0 Å². The molecule has 3 rings (SSSR count). The Morgan fingerprint density at radius 2 is 1.85 bits per heavy atom. The molecule has 0 bridgehead atoms. The van der Waals surface area contributed by atoms with Crippen molar-refractivity contribution in [1.29, 1.82) is 0 Å². The van der Waals surface area contributed by atoms with Crippen molar-refractivity contribution in [2.24, 2.45) is 5.92 Å². The Bertz CT molecular complexity index is 422. The standard InChI is InChI=1S/C18H28N2/c1-14-4-3-5-18(12-14)20(2)17-10-6-15(7-11-17)13-19-16-8-9-16/h6-7,10-11,14,16,18-19H,3-5,8-9,12-13H2,1-2H3. The second kappa shape index (κ2) is 6.17. The molecule has 1 aromatic rings. The van der Waals surface area contributed by atoms with Gasteiger partial charge >= 0.3 is 0 Å². The largest absolute Gasteiger partial charge is 0.372 e. The van der Waals surface area contributed by atoms with E-state index in [9.17, 15) is 0 Å². The summed E-state index contributed by atoms with van der Waals surface area (Å²) in [5.74, 6) is 0.887. The Balaban J connectivity index is 1.57. The van der Waals surface area contributed by atoms with E-state index in [0.717, 1.165) is 24.5 Å². The summed E-state index contributed by atoms with van der Waals surface area (Å²) in [4.78, 5) is 2.49. The first-order valence-corrected chi connectivity index (χ1v) is 8.27. The maximum Gasteiger partial charge on any atom is 0.0366 e. The van der Waals surface area contributed by atoms with E-state index < -0.39 is 0 Å². The first-order chi connectivity index (χ1) is 9.72. The van der Waals surface area contributed by atoms with Crippen LogP contribution in [-0.2, 0) is 6.54 Å². The SMILES string of the molecule is CC1CCCC(N(C)c2ccc(CNC3CC3)cc2)C1. The fourth-order valence-corrected chi connectivity index (χ4v) is 3.36. The summed E-state index contributed by atoms with van der Waals surface area (Å²) in [6.45, 7) is 3.42. The predicted octanol–water partition coefficient (Wildman–Crippen LogP) is 3.95. The molecule has 2 heteroatoms. The summed E-state index contributed by atoms with van der Waals surface area (Å²) in [6.07, 6.45) is 8.23. The number of benzene rings is 1. The molecule has 2 fully saturated rings. The highest BCUT2D eigenvalue weighted by atomic mass is 15.1. The molecule has 2 unspecified atom stereocenters. The molecule has 0 heterocycles. The topological polar surface area (TPSA) is 15.3 Å². The first kappa shape index (κ1) is 13.9. The van der Waals surface area contributed by atoms with E-state index in [2.05, 4.69) is 48.5 Å². The number of nitrogens with zero attached hydrogens (tertiary/aromatic N) is 1. The molecule has 2 aliphatic carbocycles. The van der Waals surface area contributed by atoms with Crippen molar-refractivity contribution in [3.8, 4) is 0 Å². The fourth-order valence-electron chi connectivity index (χ4n) is 3.36. The van der Waals surface area contributed by atoms with Crippen LogP contribution in [0, 0.1) is 5.92 Å². The van der Waals surface area contributed by atoms with E-state index in [-0.39, 0.29) is 0 Å². The predicted molar refractivity (Wildman–Crippen MR) is 86.1 cm³/mol. The van der Waals surface area contributed by atoms with E-state index in [1.54, 1.807) is 0 Å². The van der Waals surface area contributed by atoms with Crippen LogP contribution < -0.4 is 10.2 Å². The lowest BCUT2D eigenvalue weighted by atomic mass is 9.86. The highest BCUT2D eigenvalue weighted by Crippen LogP contribution is 2.29. The third kappa shape index (κ3) is 3.54. The molecular formula is C18H28N2. The van der Waals surface area contributed by atoms with Gasteiger partial charge < -0.3 is 10.2 Å². The molecule has 0 aliphatic heterocycles. The van der Waals surface area contributed by atoms with Gasteiger partial charge in [-0.15, -0.1) is 0 Å². The van der Waals surface area contributed by atoms with Gasteiger partial charge in [0.1, 0.15) is 0 Å². The van der Waals surface area contributed by atoms with E-state index in [0.29, 0.717) is 0 Å². The van der Waals surface area contributed by atoms with Crippen molar-refractivity contribution in [2.75, 3.05) is 11.9 Å². The van der Waals surface area contributed by atoms with Gasteiger partial charge in [-0.1, -0.05) is 31.9 Å². The van der Waals surface area contributed by atoms with Crippen molar-refractivity contribution >= 4 is 5.69 Å². The lowest BCUT2D eigenvalue weighted by Crippen LogP contribution is -2.35. The first-order valence-electron chi connectivity index (χ1n) is 8.27. The zero-order valence-electron chi connectivity index (χ0n) is 12.9. The Hall–Kier alpha value is -1.02. The normalized spacial score (nSPS) is 26.5. The molecule has 0 spiro atoms. The van der Waals surface area contributed by atoms with Crippen LogP contribution in [0.15, 0.2) is 24.3 Å². The third-order valence-corrected chi connectivity index (χ3v) is 4.97. The van der Waals surface area contributed by atoms with Crippen molar-refractivity contribution in [3.05, 3.63) is 29.8 Å². The molecule has 2 aliphatic rings. The fraction of sp³-hybridized carbons (Fsp3) is 0.667. The van der Waals surface area contributed by atoms with Gasteiger partial charge in [0.2, 0.25) is 0 Å². The minimum absolute atomic E-state index is 0.731. The number of rotatable bonds is 5. The molecule has 2 saturated carbocycles. The number of hydrogen-bond donors (Lipinski definition) is 1.